The maximum Gasteiger partial charge on any atom is 0.325 e. The summed E-state index contributed by atoms with van der Waals surface area (Å²) < 4.78 is 38.5. The minimum atomic E-state index is -1.27. The van der Waals surface area contributed by atoms with Crippen molar-refractivity contribution in [1.29, 1.82) is 0 Å². The summed E-state index contributed by atoms with van der Waals surface area (Å²) in [6.07, 6.45) is 0. The first-order valence-electron chi connectivity index (χ1n) is 4.05. The molecular weight excluding hydrogens is 211 g/mol. The van der Waals surface area contributed by atoms with Gasteiger partial charge in [-0.3, -0.25) is 4.79 Å². The van der Waals surface area contributed by atoms with E-state index in [1.165, 1.54) is 6.92 Å². The topological polar surface area (TPSA) is 49.3 Å². The molecule has 6 heteroatoms. The van der Waals surface area contributed by atoms with Gasteiger partial charge in [-0.05, 0) is 6.92 Å². The van der Waals surface area contributed by atoms with Crippen LogP contribution in [0.1, 0.15) is 6.92 Å². The second-order valence-electron chi connectivity index (χ2n) is 2.95. The molecular formula is C9H8F3NO2. The minimum Gasteiger partial charge on any atom is -0.480 e. The molecule has 0 aliphatic carbocycles. The molecule has 0 saturated carbocycles. The average molecular weight is 219 g/mol. The van der Waals surface area contributed by atoms with Crippen molar-refractivity contribution in [2.75, 3.05) is 5.32 Å². The zero-order valence-electron chi connectivity index (χ0n) is 7.72. The Kier molecular flexibility index (Phi) is 3.18. The van der Waals surface area contributed by atoms with E-state index in [1.807, 2.05) is 0 Å². The molecule has 0 spiro atoms. The zero-order chi connectivity index (χ0) is 11.6. The summed E-state index contributed by atoms with van der Waals surface area (Å²) in [4.78, 5) is 10.4. The molecule has 1 unspecified atom stereocenters. The minimum absolute atomic E-state index is 0.472. The molecule has 82 valence electrons. The number of carboxylic acid groups (broad SMARTS) is 1. The van der Waals surface area contributed by atoms with Gasteiger partial charge in [-0.2, -0.15) is 0 Å². The Morgan fingerprint density at radius 3 is 2.20 bits per heavy atom. The van der Waals surface area contributed by atoms with Crippen LogP contribution in [0.2, 0.25) is 0 Å². The highest BCUT2D eigenvalue weighted by molar-refractivity contribution is 5.76. The van der Waals surface area contributed by atoms with E-state index in [0.29, 0.717) is 12.1 Å². The van der Waals surface area contributed by atoms with Gasteiger partial charge in [0.25, 0.3) is 0 Å². The smallest absolute Gasteiger partial charge is 0.325 e. The summed E-state index contributed by atoms with van der Waals surface area (Å²) in [6, 6.07) is -0.223. The highest BCUT2D eigenvalue weighted by atomic mass is 19.1. The zero-order valence-corrected chi connectivity index (χ0v) is 7.72. The normalized spacial score (nSPS) is 12.3. The van der Waals surface area contributed by atoms with Crippen LogP contribution in [0.25, 0.3) is 0 Å². The predicted octanol–water partition coefficient (Wildman–Crippen LogP) is 1.99. The van der Waals surface area contributed by atoms with Crippen LogP contribution < -0.4 is 5.32 Å². The van der Waals surface area contributed by atoms with Crippen molar-refractivity contribution in [3.63, 3.8) is 0 Å². The Hall–Kier alpha value is -1.72. The van der Waals surface area contributed by atoms with Gasteiger partial charge in [-0.1, -0.05) is 0 Å². The highest BCUT2D eigenvalue weighted by Gasteiger charge is 2.17. The van der Waals surface area contributed by atoms with Crippen molar-refractivity contribution in [3.8, 4) is 0 Å². The molecule has 1 rings (SSSR count). The SMILES string of the molecule is CC(Nc1c(F)cc(F)cc1F)C(=O)O. The maximum absolute atomic E-state index is 13.0. The van der Waals surface area contributed by atoms with Gasteiger partial charge in [0.15, 0.2) is 11.6 Å². The number of nitrogens with one attached hydrogen (secondary N) is 1. The van der Waals surface area contributed by atoms with Crippen molar-refractivity contribution in [3.05, 3.63) is 29.6 Å². The Bertz CT molecular complexity index is 372. The summed E-state index contributed by atoms with van der Waals surface area (Å²) in [5.41, 5.74) is -0.647. The number of carbonyl (C=O) groups is 1. The number of benzene rings is 1. The molecule has 2 N–H and O–H groups in total. The number of hydrogen-bond acceptors (Lipinski definition) is 2. The highest BCUT2D eigenvalue weighted by Crippen LogP contribution is 2.20. The summed E-state index contributed by atoms with van der Waals surface area (Å²) in [5.74, 6) is -4.65. The van der Waals surface area contributed by atoms with E-state index in [0.717, 1.165) is 0 Å². The van der Waals surface area contributed by atoms with E-state index >= 15 is 0 Å². The molecule has 1 atom stereocenters. The summed E-state index contributed by atoms with van der Waals surface area (Å²) in [7, 11) is 0. The van der Waals surface area contributed by atoms with Gasteiger partial charge >= 0.3 is 5.97 Å². The molecule has 15 heavy (non-hydrogen) atoms. The fourth-order valence-electron chi connectivity index (χ4n) is 0.958. The predicted molar refractivity (Wildman–Crippen MR) is 47.0 cm³/mol. The number of rotatable bonds is 3. The van der Waals surface area contributed by atoms with Crippen molar-refractivity contribution in [2.24, 2.45) is 0 Å². The number of hydrogen-bond donors (Lipinski definition) is 2. The molecule has 0 bridgehead atoms. The number of aliphatic carboxylic acids is 1. The molecule has 0 saturated heterocycles. The lowest BCUT2D eigenvalue weighted by Gasteiger charge is -2.12. The monoisotopic (exact) mass is 219 g/mol. The number of carboxylic acids is 1. The lowest BCUT2D eigenvalue weighted by atomic mass is 10.2. The number of halogens is 3. The molecule has 3 nitrogen and oxygen atoms in total. The van der Waals surface area contributed by atoms with Gasteiger partial charge < -0.3 is 10.4 Å². The summed E-state index contributed by atoms with van der Waals surface area (Å²) >= 11 is 0. The molecule has 1 aromatic carbocycles. The van der Waals surface area contributed by atoms with E-state index in [-0.39, 0.29) is 0 Å². The van der Waals surface area contributed by atoms with Crippen LogP contribution >= 0.6 is 0 Å². The fourth-order valence-corrected chi connectivity index (χ4v) is 0.958. The first-order valence-corrected chi connectivity index (χ1v) is 4.05. The lowest BCUT2D eigenvalue weighted by molar-refractivity contribution is -0.137. The largest absolute Gasteiger partial charge is 0.480 e. The average Bonchev–Trinajstić information content (AvgIpc) is 2.10. The van der Waals surface area contributed by atoms with Crippen LogP contribution in [0, 0.1) is 17.5 Å². The molecule has 0 aromatic heterocycles. The van der Waals surface area contributed by atoms with Crippen LogP contribution in [0.3, 0.4) is 0 Å². The summed E-state index contributed by atoms with van der Waals surface area (Å²) in [6.45, 7) is 1.21. The van der Waals surface area contributed by atoms with Crippen LogP contribution in [0.15, 0.2) is 12.1 Å². The van der Waals surface area contributed by atoms with Crippen molar-refractivity contribution >= 4 is 11.7 Å². The fraction of sp³-hybridized carbons (Fsp3) is 0.222. The first-order chi connectivity index (χ1) is 6.91. The van der Waals surface area contributed by atoms with Gasteiger partial charge in [-0.25, -0.2) is 13.2 Å². The van der Waals surface area contributed by atoms with Crippen LogP contribution in [-0.4, -0.2) is 17.1 Å². The van der Waals surface area contributed by atoms with E-state index in [4.69, 9.17) is 5.11 Å². The second-order valence-corrected chi connectivity index (χ2v) is 2.95. The Labute approximate surface area is 83.5 Å². The number of anilines is 1. The van der Waals surface area contributed by atoms with E-state index < -0.39 is 35.2 Å². The molecule has 0 amide bonds. The van der Waals surface area contributed by atoms with E-state index in [1.54, 1.807) is 0 Å². The molecule has 0 fully saturated rings. The van der Waals surface area contributed by atoms with Crippen molar-refractivity contribution in [1.82, 2.24) is 0 Å². The third-order valence-electron chi connectivity index (χ3n) is 1.74. The van der Waals surface area contributed by atoms with Crippen molar-refractivity contribution < 1.29 is 23.1 Å². The van der Waals surface area contributed by atoms with Crippen LogP contribution in [0.4, 0.5) is 18.9 Å². The summed E-state index contributed by atoms with van der Waals surface area (Å²) in [5, 5.41) is 10.6. The third kappa shape index (κ3) is 2.61. The van der Waals surface area contributed by atoms with Gasteiger partial charge in [0.1, 0.15) is 17.5 Å². The second kappa shape index (κ2) is 4.20. The Balaban J connectivity index is 3.00. The molecule has 1 aromatic rings. The third-order valence-corrected chi connectivity index (χ3v) is 1.74. The Morgan fingerprint density at radius 2 is 1.80 bits per heavy atom. The Morgan fingerprint density at radius 1 is 1.33 bits per heavy atom. The van der Waals surface area contributed by atoms with Gasteiger partial charge in [-0.15, -0.1) is 0 Å². The lowest BCUT2D eigenvalue weighted by Crippen LogP contribution is -2.26. The van der Waals surface area contributed by atoms with Crippen LogP contribution in [0.5, 0.6) is 0 Å². The maximum atomic E-state index is 13.0. The van der Waals surface area contributed by atoms with Crippen LogP contribution in [-0.2, 0) is 4.79 Å². The standard InChI is InChI=1S/C9H8F3NO2/c1-4(9(14)15)13-8-6(11)2-5(10)3-7(8)12/h2-4,13H,1H3,(H,14,15). The van der Waals surface area contributed by atoms with E-state index in [9.17, 15) is 18.0 Å². The molecule has 0 radical (unpaired) electrons. The van der Waals surface area contributed by atoms with Crippen molar-refractivity contribution in [2.45, 2.75) is 13.0 Å². The molecule has 0 heterocycles. The first kappa shape index (κ1) is 11.4. The van der Waals surface area contributed by atoms with Gasteiger partial charge in [0.2, 0.25) is 0 Å². The van der Waals surface area contributed by atoms with Gasteiger partial charge in [0, 0.05) is 12.1 Å². The van der Waals surface area contributed by atoms with E-state index in [2.05, 4.69) is 5.32 Å². The van der Waals surface area contributed by atoms with Gasteiger partial charge in [0.05, 0.1) is 0 Å². The quantitative estimate of drug-likeness (QED) is 0.817. The molecule has 0 aliphatic rings. The molecule has 0 aliphatic heterocycles.